The summed E-state index contributed by atoms with van der Waals surface area (Å²) in [6.07, 6.45) is 0.558. The zero-order valence-electron chi connectivity index (χ0n) is 11.3. The lowest BCUT2D eigenvalue weighted by Crippen LogP contribution is -2.41. The summed E-state index contributed by atoms with van der Waals surface area (Å²) in [7, 11) is 0. The van der Waals surface area contributed by atoms with E-state index in [1.807, 2.05) is 30.3 Å². The van der Waals surface area contributed by atoms with Crippen LogP contribution in [0, 0.1) is 5.92 Å². The fourth-order valence-corrected chi connectivity index (χ4v) is 3.05. The molecule has 2 heterocycles. The van der Waals surface area contributed by atoms with E-state index >= 15 is 0 Å². The Morgan fingerprint density at radius 3 is 2.95 bits per heavy atom. The third-order valence-corrected chi connectivity index (χ3v) is 4.23. The normalized spacial score (nSPS) is 28.4. The summed E-state index contributed by atoms with van der Waals surface area (Å²) in [6.45, 7) is 1.92. The summed E-state index contributed by atoms with van der Waals surface area (Å²) in [6, 6.07) is 9.60. The van der Waals surface area contributed by atoms with Gasteiger partial charge in [0.1, 0.15) is 12.2 Å². The number of rotatable bonds is 3. The molecule has 5 heteroatoms. The Labute approximate surface area is 118 Å². The molecular weight excluding hydrogens is 258 g/mol. The largest absolute Gasteiger partial charge is 0.445 e. The standard InChI is InChI=1S/C15H19NO4/c17-11-15-10-16(8-13(15)6-7-20-15)14(18)19-9-12-4-2-1-3-5-12/h1-5,13,17H,6-11H2/t13-,15-/m0/s1. The smallest absolute Gasteiger partial charge is 0.410 e. The number of amides is 1. The molecule has 0 saturated carbocycles. The van der Waals surface area contributed by atoms with Gasteiger partial charge in [-0.25, -0.2) is 4.79 Å². The van der Waals surface area contributed by atoms with Gasteiger partial charge >= 0.3 is 6.09 Å². The second kappa shape index (κ2) is 5.42. The van der Waals surface area contributed by atoms with Gasteiger partial charge in [0.2, 0.25) is 0 Å². The van der Waals surface area contributed by atoms with Gasteiger partial charge in [0.25, 0.3) is 0 Å². The van der Waals surface area contributed by atoms with Crippen LogP contribution in [0.5, 0.6) is 0 Å². The van der Waals surface area contributed by atoms with Crippen LogP contribution in [0.2, 0.25) is 0 Å². The van der Waals surface area contributed by atoms with Crippen molar-refractivity contribution in [3.8, 4) is 0 Å². The van der Waals surface area contributed by atoms with Gasteiger partial charge in [0.05, 0.1) is 13.2 Å². The van der Waals surface area contributed by atoms with Crippen LogP contribution < -0.4 is 0 Å². The molecule has 2 aliphatic heterocycles. The van der Waals surface area contributed by atoms with Crippen molar-refractivity contribution in [1.82, 2.24) is 4.90 Å². The minimum Gasteiger partial charge on any atom is -0.445 e. The number of aliphatic hydroxyl groups excluding tert-OH is 1. The van der Waals surface area contributed by atoms with Gasteiger partial charge in [-0.2, -0.15) is 0 Å². The molecule has 3 rings (SSSR count). The van der Waals surface area contributed by atoms with Crippen LogP contribution >= 0.6 is 0 Å². The number of benzene rings is 1. The van der Waals surface area contributed by atoms with Gasteiger partial charge in [-0.1, -0.05) is 30.3 Å². The Bertz CT molecular complexity index is 478. The van der Waals surface area contributed by atoms with E-state index in [-0.39, 0.29) is 25.2 Å². The Kier molecular flexibility index (Phi) is 3.63. The lowest BCUT2D eigenvalue weighted by atomic mass is 9.92. The maximum absolute atomic E-state index is 12.1. The highest BCUT2D eigenvalue weighted by Crippen LogP contribution is 2.38. The molecule has 5 nitrogen and oxygen atoms in total. The lowest BCUT2D eigenvalue weighted by molar-refractivity contribution is -0.0456. The predicted octanol–water partition coefficient (Wildman–Crippen LogP) is 1.41. The molecule has 2 atom stereocenters. The van der Waals surface area contributed by atoms with E-state index < -0.39 is 5.60 Å². The number of aliphatic hydroxyl groups is 1. The van der Waals surface area contributed by atoms with E-state index in [0.717, 1.165) is 12.0 Å². The van der Waals surface area contributed by atoms with E-state index in [0.29, 0.717) is 19.7 Å². The van der Waals surface area contributed by atoms with E-state index in [4.69, 9.17) is 9.47 Å². The highest BCUT2D eigenvalue weighted by Gasteiger charge is 2.52. The highest BCUT2D eigenvalue weighted by atomic mass is 16.6. The van der Waals surface area contributed by atoms with Crippen molar-refractivity contribution in [2.24, 2.45) is 5.92 Å². The first-order valence-electron chi connectivity index (χ1n) is 6.94. The van der Waals surface area contributed by atoms with Gasteiger partial charge in [0.15, 0.2) is 0 Å². The van der Waals surface area contributed by atoms with Crippen LogP contribution in [-0.2, 0) is 16.1 Å². The summed E-state index contributed by atoms with van der Waals surface area (Å²) in [5.41, 5.74) is 0.402. The minimum atomic E-state index is -0.564. The van der Waals surface area contributed by atoms with Crippen molar-refractivity contribution in [2.75, 3.05) is 26.3 Å². The lowest BCUT2D eigenvalue weighted by Gasteiger charge is -2.25. The van der Waals surface area contributed by atoms with Crippen molar-refractivity contribution >= 4 is 6.09 Å². The summed E-state index contributed by atoms with van der Waals surface area (Å²) in [4.78, 5) is 13.7. The molecule has 108 valence electrons. The van der Waals surface area contributed by atoms with Crippen molar-refractivity contribution in [2.45, 2.75) is 18.6 Å². The van der Waals surface area contributed by atoms with E-state index in [9.17, 15) is 9.90 Å². The number of carbonyl (C=O) groups is 1. The summed E-state index contributed by atoms with van der Waals surface area (Å²) >= 11 is 0. The van der Waals surface area contributed by atoms with Crippen LogP contribution in [0.1, 0.15) is 12.0 Å². The fraction of sp³-hybridized carbons (Fsp3) is 0.533. The van der Waals surface area contributed by atoms with Crippen LogP contribution in [-0.4, -0.2) is 48.0 Å². The first-order chi connectivity index (χ1) is 9.73. The fourth-order valence-electron chi connectivity index (χ4n) is 3.05. The molecule has 0 aromatic heterocycles. The Balaban J connectivity index is 1.57. The first-order valence-corrected chi connectivity index (χ1v) is 6.94. The average Bonchev–Trinajstić information content (AvgIpc) is 3.03. The molecule has 0 spiro atoms. The monoisotopic (exact) mass is 277 g/mol. The predicted molar refractivity (Wildman–Crippen MR) is 72.1 cm³/mol. The molecule has 20 heavy (non-hydrogen) atoms. The molecule has 2 fully saturated rings. The van der Waals surface area contributed by atoms with Crippen LogP contribution in [0.4, 0.5) is 4.79 Å². The summed E-state index contributed by atoms with van der Waals surface area (Å²) in [5.74, 6) is 0.219. The van der Waals surface area contributed by atoms with Crippen LogP contribution in [0.3, 0.4) is 0 Å². The Hall–Kier alpha value is -1.59. The number of carbonyl (C=O) groups excluding carboxylic acids is 1. The second-order valence-electron chi connectivity index (χ2n) is 5.48. The molecule has 1 aromatic carbocycles. The van der Waals surface area contributed by atoms with E-state index in [1.54, 1.807) is 4.90 Å². The number of hydrogen-bond acceptors (Lipinski definition) is 4. The molecule has 0 unspecified atom stereocenters. The quantitative estimate of drug-likeness (QED) is 0.907. The van der Waals surface area contributed by atoms with Crippen LogP contribution in [0.25, 0.3) is 0 Å². The van der Waals surface area contributed by atoms with Gasteiger partial charge in [-0.3, -0.25) is 0 Å². The van der Waals surface area contributed by atoms with Gasteiger partial charge < -0.3 is 19.5 Å². The third kappa shape index (κ3) is 2.39. The van der Waals surface area contributed by atoms with Gasteiger partial charge in [-0.15, -0.1) is 0 Å². The van der Waals surface area contributed by atoms with Crippen molar-refractivity contribution < 1.29 is 19.4 Å². The topological polar surface area (TPSA) is 59.0 Å². The summed E-state index contributed by atoms with van der Waals surface area (Å²) < 4.78 is 11.0. The third-order valence-electron chi connectivity index (χ3n) is 4.23. The molecule has 1 aromatic rings. The zero-order chi connectivity index (χ0) is 14.0. The first kappa shape index (κ1) is 13.4. The van der Waals surface area contributed by atoms with Crippen molar-refractivity contribution in [3.05, 3.63) is 35.9 Å². The Morgan fingerprint density at radius 1 is 1.45 bits per heavy atom. The second-order valence-corrected chi connectivity index (χ2v) is 5.48. The minimum absolute atomic E-state index is 0.0415. The molecule has 2 saturated heterocycles. The number of ether oxygens (including phenoxy) is 2. The molecule has 0 radical (unpaired) electrons. The molecule has 0 bridgehead atoms. The molecular formula is C15H19NO4. The maximum atomic E-state index is 12.1. The maximum Gasteiger partial charge on any atom is 0.410 e. The molecule has 0 aliphatic carbocycles. The summed E-state index contributed by atoms with van der Waals surface area (Å²) in [5, 5.41) is 9.53. The Morgan fingerprint density at radius 2 is 2.25 bits per heavy atom. The van der Waals surface area contributed by atoms with Crippen molar-refractivity contribution in [3.63, 3.8) is 0 Å². The van der Waals surface area contributed by atoms with Crippen LogP contribution in [0.15, 0.2) is 30.3 Å². The number of hydrogen-bond donors (Lipinski definition) is 1. The number of fused-ring (bicyclic) bond motifs is 1. The molecule has 1 N–H and O–H groups in total. The highest BCUT2D eigenvalue weighted by molar-refractivity contribution is 5.68. The van der Waals surface area contributed by atoms with Gasteiger partial charge in [0, 0.05) is 19.1 Å². The number of likely N-dealkylation sites (tertiary alicyclic amines) is 1. The molecule has 1 amide bonds. The van der Waals surface area contributed by atoms with E-state index in [1.165, 1.54) is 0 Å². The van der Waals surface area contributed by atoms with Gasteiger partial charge in [-0.05, 0) is 12.0 Å². The van der Waals surface area contributed by atoms with E-state index in [2.05, 4.69) is 0 Å². The zero-order valence-corrected chi connectivity index (χ0v) is 11.3. The SMILES string of the molecule is O=C(OCc1ccccc1)N1C[C@@H]2CCO[C@]2(CO)C1. The van der Waals surface area contributed by atoms with Crippen molar-refractivity contribution in [1.29, 1.82) is 0 Å². The molecule has 2 aliphatic rings. The number of nitrogens with zero attached hydrogens (tertiary/aromatic N) is 1. The average molecular weight is 277 g/mol.